The smallest absolute Gasteiger partial charge is 0.169 e. The Kier molecular flexibility index (Phi) is 5.86. The second kappa shape index (κ2) is 7.10. The lowest BCUT2D eigenvalue weighted by Crippen LogP contribution is -2.55. The summed E-state index contributed by atoms with van der Waals surface area (Å²) in [5.74, 6) is 0. The minimum Gasteiger partial charge on any atom is -0.169 e. The summed E-state index contributed by atoms with van der Waals surface area (Å²) in [5.41, 5.74) is -4.63. The van der Waals surface area contributed by atoms with E-state index < -0.39 is 28.9 Å². The average Bonchev–Trinajstić information content (AvgIpc) is 2.47. The second-order valence-corrected chi connectivity index (χ2v) is 8.18. The largest absolute Gasteiger partial charge is 0.411 e. The van der Waals surface area contributed by atoms with Gasteiger partial charge in [0.2, 0.25) is 5.41 Å². The molecule has 27 heavy (non-hydrogen) atoms. The minimum absolute atomic E-state index is 0.299. The van der Waals surface area contributed by atoms with E-state index in [0.29, 0.717) is 31.2 Å². The summed E-state index contributed by atoms with van der Waals surface area (Å²) in [6, 6.07) is 3.80. The van der Waals surface area contributed by atoms with Crippen LogP contribution in [0, 0.1) is 27.7 Å². The fourth-order valence-corrected chi connectivity index (χ4v) is 3.76. The van der Waals surface area contributed by atoms with E-state index in [4.69, 9.17) is 0 Å². The number of rotatable bonds is 2. The highest BCUT2D eigenvalue weighted by molar-refractivity contribution is 9.10. The highest BCUT2D eigenvalue weighted by Crippen LogP contribution is 2.57. The molecule has 2 rings (SSSR count). The molecular weight excluding hydrogens is 502 g/mol. The van der Waals surface area contributed by atoms with Crippen LogP contribution >= 0.6 is 31.9 Å². The van der Waals surface area contributed by atoms with Crippen molar-refractivity contribution < 1.29 is 26.3 Å². The SMILES string of the molecule is Cc1cc(C(c2cc(C)c(Br)c(C)c2)(C(F)(F)F)C(F)(F)F)cc(C)c1Br. The van der Waals surface area contributed by atoms with Gasteiger partial charge < -0.3 is 0 Å². The molecule has 0 aliphatic rings. The van der Waals surface area contributed by atoms with Gasteiger partial charge in [-0.1, -0.05) is 56.1 Å². The Morgan fingerprint density at radius 2 is 0.778 bits per heavy atom. The van der Waals surface area contributed by atoms with Gasteiger partial charge in [-0.05, 0) is 61.1 Å². The van der Waals surface area contributed by atoms with Crippen molar-refractivity contribution in [1.29, 1.82) is 0 Å². The molecule has 148 valence electrons. The number of halogens is 8. The number of aryl methyl sites for hydroxylation is 4. The molecule has 0 aromatic heterocycles. The van der Waals surface area contributed by atoms with Gasteiger partial charge in [-0.25, -0.2) is 0 Å². The topological polar surface area (TPSA) is 0 Å². The van der Waals surface area contributed by atoms with Crippen LogP contribution in [0.25, 0.3) is 0 Å². The van der Waals surface area contributed by atoms with Gasteiger partial charge >= 0.3 is 12.4 Å². The molecule has 0 amide bonds. The van der Waals surface area contributed by atoms with Crippen molar-refractivity contribution in [2.75, 3.05) is 0 Å². The summed E-state index contributed by atoms with van der Waals surface area (Å²) in [6.07, 6.45) is -11.2. The number of benzene rings is 2. The van der Waals surface area contributed by atoms with Crippen molar-refractivity contribution in [3.8, 4) is 0 Å². The maximum Gasteiger partial charge on any atom is 0.411 e. The molecule has 0 N–H and O–H groups in total. The first-order chi connectivity index (χ1) is 12.1. The van der Waals surface area contributed by atoms with E-state index >= 15 is 0 Å². The summed E-state index contributed by atoms with van der Waals surface area (Å²) in [4.78, 5) is 0. The van der Waals surface area contributed by atoms with E-state index in [1.807, 2.05) is 0 Å². The quantitative estimate of drug-likeness (QED) is 0.356. The number of hydrogen-bond acceptors (Lipinski definition) is 0. The first-order valence-corrected chi connectivity index (χ1v) is 9.41. The van der Waals surface area contributed by atoms with Crippen LogP contribution < -0.4 is 0 Å². The highest BCUT2D eigenvalue weighted by atomic mass is 79.9. The van der Waals surface area contributed by atoms with Gasteiger partial charge in [0.25, 0.3) is 0 Å². The molecule has 8 heteroatoms. The van der Waals surface area contributed by atoms with Crippen molar-refractivity contribution in [2.45, 2.75) is 45.5 Å². The first kappa shape index (κ1) is 22.3. The molecule has 2 aromatic carbocycles. The summed E-state index contributed by atoms with van der Waals surface area (Å²) in [7, 11) is 0. The zero-order valence-corrected chi connectivity index (χ0v) is 18.0. The third-order valence-corrected chi connectivity index (χ3v) is 7.09. The zero-order chi connectivity index (χ0) is 20.9. The van der Waals surface area contributed by atoms with Crippen molar-refractivity contribution >= 4 is 31.9 Å². The summed E-state index contributed by atoms with van der Waals surface area (Å²) >= 11 is 6.40. The van der Waals surface area contributed by atoms with E-state index in [2.05, 4.69) is 31.9 Å². The fraction of sp³-hybridized carbons (Fsp3) is 0.368. The fourth-order valence-electron chi connectivity index (χ4n) is 3.31. The van der Waals surface area contributed by atoms with Crippen LogP contribution in [0.4, 0.5) is 26.3 Å². The molecule has 0 aliphatic heterocycles. The van der Waals surface area contributed by atoms with E-state index in [-0.39, 0.29) is 0 Å². The summed E-state index contributed by atoms with van der Waals surface area (Å²) in [6.45, 7) is 5.87. The Bertz CT molecular complexity index is 761. The van der Waals surface area contributed by atoms with Crippen molar-refractivity contribution in [3.05, 3.63) is 66.6 Å². The number of hydrogen-bond donors (Lipinski definition) is 0. The van der Waals surface area contributed by atoms with Crippen LogP contribution in [0.5, 0.6) is 0 Å². The van der Waals surface area contributed by atoms with Gasteiger partial charge in [0.1, 0.15) is 0 Å². The van der Waals surface area contributed by atoms with Crippen molar-refractivity contribution in [3.63, 3.8) is 0 Å². The van der Waals surface area contributed by atoms with Gasteiger partial charge in [0.15, 0.2) is 0 Å². The number of alkyl halides is 6. The third kappa shape index (κ3) is 3.55. The van der Waals surface area contributed by atoms with E-state index in [1.165, 1.54) is 27.7 Å². The van der Waals surface area contributed by atoms with Crippen LogP contribution in [0.1, 0.15) is 33.4 Å². The molecule has 0 fully saturated rings. The molecule has 0 aliphatic carbocycles. The maximum atomic E-state index is 14.2. The van der Waals surface area contributed by atoms with E-state index in [9.17, 15) is 26.3 Å². The lowest BCUT2D eigenvalue weighted by atomic mass is 9.71. The van der Waals surface area contributed by atoms with Crippen LogP contribution in [0.3, 0.4) is 0 Å². The van der Waals surface area contributed by atoms with E-state index in [1.54, 1.807) is 0 Å². The Labute approximate surface area is 170 Å². The first-order valence-electron chi connectivity index (χ1n) is 7.82. The summed E-state index contributed by atoms with van der Waals surface area (Å²) < 4.78 is 86.3. The Morgan fingerprint density at radius 1 is 0.556 bits per heavy atom. The lowest BCUT2D eigenvalue weighted by molar-refractivity contribution is -0.288. The van der Waals surface area contributed by atoms with Gasteiger partial charge in [0.05, 0.1) is 0 Å². The zero-order valence-electron chi connectivity index (χ0n) is 14.8. The highest BCUT2D eigenvalue weighted by Gasteiger charge is 2.72. The monoisotopic (exact) mass is 516 g/mol. The predicted octanol–water partition coefficient (Wildman–Crippen LogP) is 7.86. The van der Waals surface area contributed by atoms with Gasteiger partial charge in [-0.15, -0.1) is 0 Å². The van der Waals surface area contributed by atoms with Crippen LogP contribution in [-0.4, -0.2) is 12.4 Å². The molecule has 0 saturated heterocycles. The third-order valence-electron chi connectivity index (χ3n) is 4.59. The molecule has 0 bridgehead atoms. The molecule has 0 atom stereocenters. The normalized spacial score (nSPS) is 13.2. The second-order valence-electron chi connectivity index (χ2n) is 6.59. The molecule has 0 saturated carbocycles. The molecular formula is C19H16Br2F6. The maximum absolute atomic E-state index is 14.2. The standard InChI is InChI=1S/C19H16Br2F6/c1-9-5-13(6-10(2)15(9)20)17(18(22,23)24,19(25,26)27)14-7-11(3)16(21)12(4)8-14/h5-8H,1-4H3. The Balaban J connectivity index is 3.06. The van der Waals surface area contributed by atoms with Crippen LogP contribution in [-0.2, 0) is 5.41 Å². The van der Waals surface area contributed by atoms with Gasteiger partial charge in [-0.3, -0.25) is 0 Å². The Morgan fingerprint density at radius 3 is 0.963 bits per heavy atom. The molecule has 0 heterocycles. The summed E-state index contributed by atoms with van der Waals surface area (Å²) in [5, 5.41) is 0. The van der Waals surface area contributed by atoms with Crippen molar-refractivity contribution in [2.24, 2.45) is 0 Å². The lowest BCUT2D eigenvalue weighted by Gasteiger charge is -2.39. The van der Waals surface area contributed by atoms with Crippen molar-refractivity contribution in [1.82, 2.24) is 0 Å². The molecule has 0 radical (unpaired) electrons. The van der Waals surface area contributed by atoms with Gasteiger partial charge in [-0.2, -0.15) is 26.3 Å². The van der Waals surface area contributed by atoms with Gasteiger partial charge in [0, 0.05) is 8.95 Å². The van der Waals surface area contributed by atoms with E-state index in [0.717, 1.165) is 24.3 Å². The molecule has 0 spiro atoms. The Hall–Kier alpha value is -1.02. The predicted molar refractivity (Wildman–Crippen MR) is 100 cm³/mol. The molecule has 0 unspecified atom stereocenters. The van der Waals surface area contributed by atoms with Crippen LogP contribution in [0.15, 0.2) is 33.2 Å². The molecule has 0 nitrogen and oxygen atoms in total. The molecule has 2 aromatic rings. The minimum atomic E-state index is -5.59. The van der Waals surface area contributed by atoms with Crippen LogP contribution in [0.2, 0.25) is 0 Å². The average molecular weight is 518 g/mol.